The molecule has 0 radical (unpaired) electrons. The molecule has 0 heterocycles. The van der Waals surface area contributed by atoms with Crippen LogP contribution in [-0.2, 0) is 14.8 Å². The van der Waals surface area contributed by atoms with Crippen LogP contribution in [0.4, 0.5) is 0 Å². The van der Waals surface area contributed by atoms with Crippen LogP contribution in [0.1, 0.15) is 12.8 Å². The molecule has 0 bridgehead atoms. The van der Waals surface area contributed by atoms with Crippen molar-refractivity contribution in [2.24, 2.45) is 5.14 Å². The van der Waals surface area contributed by atoms with E-state index in [1.54, 1.807) is 0 Å². The molecule has 0 saturated carbocycles. The summed E-state index contributed by atoms with van der Waals surface area (Å²) in [7, 11) is -3.80. The van der Waals surface area contributed by atoms with Crippen LogP contribution in [0.2, 0.25) is 5.02 Å². The monoisotopic (exact) mass is 293 g/mol. The number of sulfonamides is 1. The van der Waals surface area contributed by atoms with Crippen molar-refractivity contribution >= 4 is 27.6 Å². The molecule has 1 aromatic rings. The van der Waals surface area contributed by atoms with Gasteiger partial charge in [0.15, 0.2) is 0 Å². The zero-order valence-corrected chi connectivity index (χ0v) is 10.9. The largest absolute Gasteiger partial charge is 0.492 e. The van der Waals surface area contributed by atoms with Crippen LogP contribution in [0.25, 0.3) is 0 Å². The van der Waals surface area contributed by atoms with Crippen LogP contribution in [0.15, 0.2) is 23.1 Å². The first-order valence-corrected chi connectivity index (χ1v) is 6.90. The lowest BCUT2D eigenvalue weighted by molar-refractivity contribution is -0.137. The number of ether oxygens (including phenoxy) is 1. The molecule has 3 N–H and O–H groups in total. The highest BCUT2D eigenvalue weighted by Gasteiger charge is 2.11. The second-order valence-corrected chi connectivity index (χ2v) is 5.45. The molecule has 1 aromatic carbocycles. The lowest BCUT2D eigenvalue weighted by Gasteiger charge is -2.08. The number of benzene rings is 1. The fourth-order valence-electron chi connectivity index (χ4n) is 1.18. The summed E-state index contributed by atoms with van der Waals surface area (Å²) >= 11 is 5.82. The van der Waals surface area contributed by atoms with Gasteiger partial charge in [-0.1, -0.05) is 11.6 Å². The first-order chi connectivity index (χ1) is 8.30. The molecule has 0 aromatic heterocycles. The number of hydrogen-bond acceptors (Lipinski definition) is 4. The van der Waals surface area contributed by atoms with Crippen molar-refractivity contribution in [3.05, 3.63) is 23.2 Å². The zero-order chi connectivity index (χ0) is 13.8. The van der Waals surface area contributed by atoms with E-state index in [0.29, 0.717) is 6.42 Å². The van der Waals surface area contributed by atoms with E-state index in [-0.39, 0.29) is 28.7 Å². The van der Waals surface area contributed by atoms with Gasteiger partial charge < -0.3 is 9.84 Å². The second-order valence-electron chi connectivity index (χ2n) is 3.48. The predicted octanol–water partition coefficient (Wildman–Crippen LogP) is 1.23. The summed E-state index contributed by atoms with van der Waals surface area (Å²) in [5.74, 6) is -0.622. The van der Waals surface area contributed by atoms with Gasteiger partial charge in [-0.05, 0) is 24.6 Å². The number of rotatable bonds is 6. The summed E-state index contributed by atoms with van der Waals surface area (Å²) < 4.78 is 27.3. The molecule has 0 unspecified atom stereocenters. The van der Waals surface area contributed by atoms with Crippen LogP contribution in [-0.4, -0.2) is 26.1 Å². The van der Waals surface area contributed by atoms with Gasteiger partial charge in [-0.2, -0.15) is 0 Å². The van der Waals surface area contributed by atoms with E-state index in [9.17, 15) is 13.2 Å². The molecule has 1 rings (SSSR count). The van der Waals surface area contributed by atoms with Crippen molar-refractivity contribution < 1.29 is 23.1 Å². The Balaban J connectivity index is 2.66. The highest BCUT2D eigenvalue weighted by molar-refractivity contribution is 7.89. The first-order valence-electron chi connectivity index (χ1n) is 4.97. The third-order valence-corrected chi connectivity index (χ3v) is 3.23. The van der Waals surface area contributed by atoms with Crippen LogP contribution >= 0.6 is 11.6 Å². The predicted molar refractivity (Wildman–Crippen MR) is 65.2 cm³/mol. The quantitative estimate of drug-likeness (QED) is 0.767. The normalized spacial score (nSPS) is 11.2. The van der Waals surface area contributed by atoms with Crippen molar-refractivity contribution in [1.82, 2.24) is 0 Å². The van der Waals surface area contributed by atoms with E-state index in [2.05, 4.69) is 0 Å². The topological polar surface area (TPSA) is 107 Å². The minimum absolute atomic E-state index is 0.00706. The fourth-order valence-corrected chi connectivity index (χ4v) is 2.02. The van der Waals surface area contributed by atoms with Crippen molar-refractivity contribution in [3.8, 4) is 5.75 Å². The van der Waals surface area contributed by atoms with E-state index in [4.69, 9.17) is 26.6 Å². The molecule has 0 atom stereocenters. The Labute approximate surface area is 109 Å². The first kappa shape index (κ1) is 14.7. The maximum Gasteiger partial charge on any atom is 0.303 e. The average Bonchev–Trinajstić information content (AvgIpc) is 2.24. The highest BCUT2D eigenvalue weighted by atomic mass is 35.5. The summed E-state index contributed by atoms with van der Waals surface area (Å²) in [6, 6.07) is 3.83. The molecular weight excluding hydrogens is 282 g/mol. The molecule has 0 spiro atoms. The van der Waals surface area contributed by atoms with Gasteiger partial charge in [-0.3, -0.25) is 4.79 Å². The molecule has 18 heavy (non-hydrogen) atoms. The number of carboxylic acid groups (broad SMARTS) is 1. The zero-order valence-electron chi connectivity index (χ0n) is 9.30. The lowest BCUT2D eigenvalue weighted by atomic mass is 10.3. The van der Waals surface area contributed by atoms with Gasteiger partial charge in [0.2, 0.25) is 10.0 Å². The Hall–Kier alpha value is -1.31. The lowest BCUT2D eigenvalue weighted by Crippen LogP contribution is -2.12. The Morgan fingerprint density at radius 2 is 2.11 bits per heavy atom. The minimum Gasteiger partial charge on any atom is -0.492 e. The molecule has 0 aliphatic carbocycles. The molecular formula is C10H12ClNO5S. The number of nitrogens with two attached hydrogens (primary N) is 1. The number of aliphatic carboxylic acids is 1. The summed E-state index contributed by atoms with van der Waals surface area (Å²) in [4.78, 5) is 10.2. The molecule has 8 heteroatoms. The molecule has 0 aliphatic rings. The fraction of sp³-hybridized carbons (Fsp3) is 0.300. The van der Waals surface area contributed by atoms with Crippen molar-refractivity contribution in [2.75, 3.05) is 6.61 Å². The van der Waals surface area contributed by atoms with E-state index < -0.39 is 16.0 Å². The Morgan fingerprint density at radius 1 is 1.44 bits per heavy atom. The van der Waals surface area contributed by atoms with Gasteiger partial charge in [-0.25, -0.2) is 13.6 Å². The molecule has 0 aliphatic heterocycles. The SMILES string of the molecule is NS(=O)(=O)c1ccc(OCCCC(=O)O)c(Cl)c1. The number of primary sulfonamides is 1. The summed E-state index contributed by atoms with van der Waals surface area (Å²) in [6.45, 7) is 0.181. The van der Waals surface area contributed by atoms with Crippen LogP contribution < -0.4 is 9.88 Å². The van der Waals surface area contributed by atoms with Crippen LogP contribution in [0, 0.1) is 0 Å². The van der Waals surface area contributed by atoms with Crippen molar-refractivity contribution in [3.63, 3.8) is 0 Å². The van der Waals surface area contributed by atoms with Gasteiger partial charge in [0, 0.05) is 6.42 Å². The smallest absolute Gasteiger partial charge is 0.303 e. The van der Waals surface area contributed by atoms with Crippen molar-refractivity contribution in [2.45, 2.75) is 17.7 Å². The molecule has 6 nitrogen and oxygen atoms in total. The van der Waals surface area contributed by atoms with Gasteiger partial charge >= 0.3 is 5.97 Å². The highest BCUT2D eigenvalue weighted by Crippen LogP contribution is 2.27. The maximum absolute atomic E-state index is 11.0. The Bertz CT molecular complexity index is 543. The Kier molecular flexibility index (Phi) is 4.94. The van der Waals surface area contributed by atoms with E-state index >= 15 is 0 Å². The van der Waals surface area contributed by atoms with E-state index in [0.717, 1.165) is 0 Å². The third kappa shape index (κ3) is 4.52. The summed E-state index contributed by atoms with van der Waals surface area (Å²) in [5.41, 5.74) is 0. The summed E-state index contributed by atoms with van der Waals surface area (Å²) in [5, 5.41) is 13.5. The van der Waals surface area contributed by atoms with Crippen LogP contribution in [0.5, 0.6) is 5.75 Å². The van der Waals surface area contributed by atoms with Gasteiger partial charge in [-0.15, -0.1) is 0 Å². The molecule has 0 fully saturated rings. The van der Waals surface area contributed by atoms with E-state index in [1.807, 2.05) is 0 Å². The number of carbonyl (C=O) groups is 1. The summed E-state index contributed by atoms with van der Waals surface area (Å²) in [6.07, 6.45) is 0.329. The standard InChI is InChI=1S/C10H12ClNO5S/c11-8-6-7(18(12,15)16)3-4-9(8)17-5-1-2-10(13)14/h3-4,6H,1-2,5H2,(H,13,14)(H2,12,15,16). The molecule has 0 amide bonds. The van der Waals surface area contributed by atoms with Gasteiger partial charge in [0.25, 0.3) is 0 Å². The number of halogens is 1. The molecule has 0 saturated heterocycles. The molecule has 100 valence electrons. The van der Waals surface area contributed by atoms with Crippen LogP contribution in [0.3, 0.4) is 0 Å². The van der Waals surface area contributed by atoms with Gasteiger partial charge in [0.1, 0.15) is 5.75 Å². The second kappa shape index (κ2) is 6.03. The number of carboxylic acids is 1. The third-order valence-electron chi connectivity index (χ3n) is 2.02. The average molecular weight is 294 g/mol. The maximum atomic E-state index is 11.0. The van der Waals surface area contributed by atoms with Crippen molar-refractivity contribution in [1.29, 1.82) is 0 Å². The number of hydrogen-bond donors (Lipinski definition) is 2. The Morgan fingerprint density at radius 3 is 2.61 bits per heavy atom. The van der Waals surface area contributed by atoms with Gasteiger partial charge in [0.05, 0.1) is 16.5 Å². The van der Waals surface area contributed by atoms with E-state index in [1.165, 1.54) is 18.2 Å². The minimum atomic E-state index is -3.80.